The summed E-state index contributed by atoms with van der Waals surface area (Å²) < 4.78 is 0. The predicted octanol–water partition coefficient (Wildman–Crippen LogP) is 1.32. The first-order valence-electron chi connectivity index (χ1n) is 4.25. The van der Waals surface area contributed by atoms with E-state index in [1.165, 1.54) is 0 Å². The molecule has 1 N–H and O–H groups in total. The SMILES string of the molecule is CC(=O)[C@@H]1CC(C)[C@H](C(=O)O)C1. The molecule has 1 fully saturated rings. The molecule has 0 radical (unpaired) electrons. The summed E-state index contributed by atoms with van der Waals surface area (Å²) in [5, 5.41) is 8.77. The van der Waals surface area contributed by atoms with E-state index in [1.807, 2.05) is 6.92 Å². The van der Waals surface area contributed by atoms with Crippen molar-refractivity contribution in [3.63, 3.8) is 0 Å². The molecule has 0 heterocycles. The summed E-state index contributed by atoms with van der Waals surface area (Å²) in [6, 6.07) is 0. The highest BCUT2D eigenvalue weighted by Gasteiger charge is 2.37. The van der Waals surface area contributed by atoms with E-state index in [0.29, 0.717) is 6.42 Å². The van der Waals surface area contributed by atoms with Gasteiger partial charge in [0.15, 0.2) is 0 Å². The van der Waals surface area contributed by atoms with Crippen LogP contribution in [0.15, 0.2) is 0 Å². The first-order chi connectivity index (χ1) is 5.52. The van der Waals surface area contributed by atoms with Crippen LogP contribution in [0.25, 0.3) is 0 Å². The van der Waals surface area contributed by atoms with E-state index >= 15 is 0 Å². The Kier molecular flexibility index (Phi) is 2.50. The van der Waals surface area contributed by atoms with Gasteiger partial charge in [0.25, 0.3) is 0 Å². The Morgan fingerprint density at radius 1 is 1.33 bits per heavy atom. The van der Waals surface area contributed by atoms with Crippen LogP contribution in [0.3, 0.4) is 0 Å². The molecule has 1 unspecified atom stereocenters. The molecule has 0 bridgehead atoms. The van der Waals surface area contributed by atoms with Gasteiger partial charge < -0.3 is 5.11 Å². The van der Waals surface area contributed by atoms with E-state index in [0.717, 1.165) is 6.42 Å². The molecule has 0 spiro atoms. The van der Waals surface area contributed by atoms with Crippen molar-refractivity contribution in [1.82, 2.24) is 0 Å². The molecule has 1 aliphatic rings. The number of Topliss-reactive ketones (excluding diaryl/α,β-unsaturated/α-hetero) is 1. The van der Waals surface area contributed by atoms with Crippen molar-refractivity contribution in [2.45, 2.75) is 26.7 Å². The molecule has 0 amide bonds. The summed E-state index contributed by atoms with van der Waals surface area (Å²) in [4.78, 5) is 21.6. The second-order valence-corrected chi connectivity index (χ2v) is 3.70. The average molecular weight is 170 g/mol. The van der Waals surface area contributed by atoms with Crippen LogP contribution in [0.4, 0.5) is 0 Å². The summed E-state index contributed by atoms with van der Waals surface area (Å²) in [6.45, 7) is 3.45. The monoisotopic (exact) mass is 170 g/mol. The van der Waals surface area contributed by atoms with Gasteiger partial charge in [-0.15, -0.1) is 0 Å². The van der Waals surface area contributed by atoms with Crippen molar-refractivity contribution in [2.75, 3.05) is 0 Å². The topological polar surface area (TPSA) is 54.4 Å². The fraction of sp³-hybridized carbons (Fsp3) is 0.778. The lowest BCUT2D eigenvalue weighted by molar-refractivity contribution is -0.142. The third-order valence-electron chi connectivity index (χ3n) is 2.77. The maximum absolute atomic E-state index is 11.0. The Morgan fingerprint density at radius 2 is 1.92 bits per heavy atom. The van der Waals surface area contributed by atoms with E-state index in [9.17, 15) is 9.59 Å². The number of carboxylic acids is 1. The van der Waals surface area contributed by atoms with Crippen LogP contribution in [-0.2, 0) is 9.59 Å². The maximum Gasteiger partial charge on any atom is 0.306 e. The second-order valence-electron chi connectivity index (χ2n) is 3.70. The van der Waals surface area contributed by atoms with Crippen molar-refractivity contribution < 1.29 is 14.7 Å². The van der Waals surface area contributed by atoms with Gasteiger partial charge in [-0.3, -0.25) is 9.59 Å². The number of carbonyl (C=O) groups is 2. The molecule has 1 aliphatic carbocycles. The Balaban J connectivity index is 2.62. The molecule has 0 aliphatic heterocycles. The molecular formula is C9H14O3. The van der Waals surface area contributed by atoms with Crippen molar-refractivity contribution in [3.05, 3.63) is 0 Å². The predicted molar refractivity (Wildman–Crippen MR) is 43.7 cm³/mol. The zero-order valence-corrected chi connectivity index (χ0v) is 7.41. The summed E-state index contributed by atoms with van der Waals surface area (Å²) in [5.41, 5.74) is 0. The molecule has 0 aromatic heterocycles. The largest absolute Gasteiger partial charge is 0.481 e. The molecular weight excluding hydrogens is 156 g/mol. The standard InChI is InChI=1S/C9H14O3/c1-5-3-7(6(2)10)4-8(5)9(11)12/h5,7-8H,3-4H2,1-2H3,(H,11,12)/t5?,7-,8-/m1/s1. The third kappa shape index (κ3) is 1.65. The molecule has 12 heavy (non-hydrogen) atoms. The van der Waals surface area contributed by atoms with Crippen LogP contribution in [-0.4, -0.2) is 16.9 Å². The highest BCUT2D eigenvalue weighted by molar-refractivity contribution is 5.80. The lowest BCUT2D eigenvalue weighted by atomic mass is 9.99. The smallest absolute Gasteiger partial charge is 0.306 e. The quantitative estimate of drug-likeness (QED) is 0.680. The van der Waals surface area contributed by atoms with E-state index in [1.54, 1.807) is 6.92 Å². The minimum Gasteiger partial charge on any atom is -0.481 e. The number of hydrogen-bond acceptors (Lipinski definition) is 2. The molecule has 3 atom stereocenters. The first kappa shape index (κ1) is 9.23. The van der Waals surface area contributed by atoms with Gasteiger partial charge >= 0.3 is 5.97 Å². The van der Waals surface area contributed by atoms with Gasteiger partial charge in [0, 0.05) is 5.92 Å². The molecule has 0 aromatic carbocycles. The molecule has 68 valence electrons. The number of ketones is 1. The van der Waals surface area contributed by atoms with Gasteiger partial charge in [-0.1, -0.05) is 6.92 Å². The summed E-state index contributed by atoms with van der Waals surface area (Å²) in [5.74, 6) is -0.798. The lowest BCUT2D eigenvalue weighted by Crippen LogP contribution is -2.16. The van der Waals surface area contributed by atoms with Crippen LogP contribution in [0.1, 0.15) is 26.7 Å². The number of rotatable bonds is 2. The fourth-order valence-electron chi connectivity index (χ4n) is 1.92. The lowest BCUT2D eigenvalue weighted by Gasteiger charge is -2.07. The molecule has 3 nitrogen and oxygen atoms in total. The molecule has 0 saturated heterocycles. The van der Waals surface area contributed by atoms with E-state index < -0.39 is 5.97 Å². The van der Waals surface area contributed by atoms with E-state index in [-0.39, 0.29) is 23.5 Å². The number of aliphatic carboxylic acids is 1. The Morgan fingerprint density at radius 3 is 2.17 bits per heavy atom. The first-order valence-corrected chi connectivity index (χ1v) is 4.25. The summed E-state index contributed by atoms with van der Waals surface area (Å²) in [6.07, 6.45) is 1.28. The Bertz CT molecular complexity index is 210. The van der Waals surface area contributed by atoms with Gasteiger partial charge in [-0.05, 0) is 25.7 Å². The Labute approximate surface area is 71.8 Å². The maximum atomic E-state index is 11.0. The van der Waals surface area contributed by atoms with E-state index in [2.05, 4.69) is 0 Å². The van der Waals surface area contributed by atoms with Crippen LogP contribution < -0.4 is 0 Å². The van der Waals surface area contributed by atoms with Gasteiger partial charge in [0.1, 0.15) is 5.78 Å². The van der Waals surface area contributed by atoms with Crippen molar-refractivity contribution in [1.29, 1.82) is 0 Å². The van der Waals surface area contributed by atoms with Gasteiger partial charge in [0.2, 0.25) is 0 Å². The third-order valence-corrected chi connectivity index (χ3v) is 2.77. The minimum atomic E-state index is -0.758. The Hall–Kier alpha value is -0.860. The van der Waals surface area contributed by atoms with E-state index in [4.69, 9.17) is 5.11 Å². The minimum absolute atomic E-state index is 0.0129. The average Bonchev–Trinajstić information content (AvgIpc) is 2.30. The number of carbonyl (C=O) groups excluding carboxylic acids is 1. The van der Waals surface area contributed by atoms with Crippen LogP contribution in [0, 0.1) is 17.8 Å². The molecule has 3 heteroatoms. The number of hydrogen-bond donors (Lipinski definition) is 1. The van der Waals surface area contributed by atoms with Gasteiger partial charge in [-0.25, -0.2) is 0 Å². The summed E-state index contributed by atoms with van der Waals surface area (Å²) >= 11 is 0. The fourth-order valence-corrected chi connectivity index (χ4v) is 1.92. The highest BCUT2D eigenvalue weighted by atomic mass is 16.4. The zero-order valence-electron chi connectivity index (χ0n) is 7.41. The van der Waals surface area contributed by atoms with Crippen molar-refractivity contribution in [3.8, 4) is 0 Å². The molecule has 0 aromatic rings. The highest BCUT2D eigenvalue weighted by Crippen LogP contribution is 2.36. The van der Waals surface area contributed by atoms with Crippen molar-refractivity contribution in [2.24, 2.45) is 17.8 Å². The van der Waals surface area contributed by atoms with Gasteiger partial charge in [0.05, 0.1) is 5.92 Å². The normalized spacial score (nSPS) is 35.0. The van der Waals surface area contributed by atoms with Crippen LogP contribution in [0.2, 0.25) is 0 Å². The van der Waals surface area contributed by atoms with Crippen LogP contribution >= 0.6 is 0 Å². The number of carboxylic acid groups (broad SMARTS) is 1. The summed E-state index contributed by atoms with van der Waals surface area (Å²) in [7, 11) is 0. The van der Waals surface area contributed by atoms with Crippen LogP contribution in [0.5, 0.6) is 0 Å². The van der Waals surface area contributed by atoms with Crippen molar-refractivity contribution >= 4 is 11.8 Å². The molecule has 1 saturated carbocycles. The zero-order chi connectivity index (χ0) is 9.30. The molecule has 1 rings (SSSR count). The second kappa shape index (κ2) is 3.25. The van der Waals surface area contributed by atoms with Gasteiger partial charge in [-0.2, -0.15) is 0 Å².